The largest absolute Gasteiger partial charge is 0.459 e. The highest BCUT2D eigenvalue weighted by Crippen LogP contribution is 2.28. The van der Waals surface area contributed by atoms with E-state index in [2.05, 4.69) is 0 Å². The molecule has 1 fully saturated rings. The standard InChI is InChI=1S/C27H23FO7/c28-24-21(34-26(30)19-12-6-2-7-13-19)16-23(35-27(31)20-14-8-3-9-15-20)33-22(24)17-32-25(29)18-10-4-1-5-11-18/h1-15,21-24H,16-17H2/t21-,22-,23?,24+/m1/s1. The quantitative estimate of drug-likeness (QED) is 0.368. The topological polar surface area (TPSA) is 88.1 Å². The molecular formula is C27H23FO7. The summed E-state index contributed by atoms with van der Waals surface area (Å²) in [6.07, 6.45) is -5.87. The molecule has 0 radical (unpaired) electrons. The number of ether oxygens (including phenoxy) is 4. The van der Waals surface area contributed by atoms with Crippen molar-refractivity contribution >= 4 is 17.9 Å². The van der Waals surface area contributed by atoms with Crippen LogP contribution in [0.5, 0.6) is 0 Å². The van der Waals surface area contributed by atoms with Gasteiger partial charge in [-0.15, -0.1) is 0 Å². The predicted molar refractivity (Wildman–Crippen MR) is 122 cm³/mol. The first-order chi connectivity index (χ1) is 17.0. The van der Waals surface area contributed by atoms with Crippen LogP contribution in [0.3, 0.4) is 0 Å². The fraction of sp³-hybridized carbons (Fsp3) is 0.222. The summed E-state index contributed by atoms with van der Waals surface area (Å²) in [5.74, 6) is -2.07. The maximum Gasteiger partial charge on any atom is 0.340 e. The van der Waals surface area contributed by atoms with Gasteiger partial charge in [0.25, 0.3) is 0 Å². The Morgan fingerprint density at radius 1 is 0.714 bits per heavy atom. The van der Waals surface area contributed by atoms with Crippen molar-refractivity contribution in [3.63, 3.8) is 0 Å². The molecule has 0 amide bonds. The maximum atomic E-state index is 15.3. The van der Waals surface area contributed by atoms with Crippen LogP contribution in [0.1, 0.15) is 37.5 Å². The molecule has 7 nitrogen and oxygen atoms in total. The number of rotatable bonds is 7. The van der Waals surface area contributed by atoms with Crippen molar-refractivity contribution in [3.8, 4) is 0 Å². The molecule has 1 unspecified atom stereocenters. The molecule has 0 bridgehead atoms. The zero-order valence-corrected chi connectivity index (χ0v) is 18.6. The molecule has 4 atom stereocenters. The molecule has 0 aromatic heterocycles. The Balaban J connectivity index is 1.47. The minimum absolute atomic E-state index is 0.221. The summed E-state index contributed by atoms with van der Waals surface area (Å²) in [4.78, 5) is 37.4. The lowest BCUT2D eigenvalue weighted by Gasteiger charge is -2.36. The second-order valence-corrected chi connectivity index (χ2v) is 7.83. The minimum atomic E-state index is -1.82. The summed E-state index contributed by atoms with van der Waals surface area (Å²) < 4.78 is 37.0. The molecule has 0 aliphatic carbocycles. The first-order valence-corrected chi connectivity index (χ1v) is 11.0. The van der Waals surface area contributed by atoms with Crippen molar-refractivity contribution in [1.29, 1.82) is 0 Å². The highest BCUT2D eigenvalue weighted by molar-refractivity contribution is 5.90. The van der Waals surface area contributed by atoms with Crippen LogP contribution in [0.25, 0.3) is 0 Å². The van der Waals surface area contributed by atoms with Gasteiger partial charge in [-0.25, -0.2) is 18.8 Å². The van der Waals surface area contributed by atoms with E-state index in [1.165, 1.54) is 0 Å². The molecule has 0 N–H and O–H groups in total. The Bertz CT molecular complexity index is 1140. The fourth-order valence-corrected chi connectivity index (χ4v) is 3.56. The molecule has 1 saturated heterocycles. The van der Waals surface area contributed by atoms with Crippen molar-refractivity contribution in [2.45, 2.75) is 31.1 Å². The number of alkyl halides is 1. The van der Waals surface area contributed by atoms with Crippen LogP contribution in [0, 0.1) is 0 Å². The molecule has 0 saturated carbocycles. The van der Waals surface area contributed by atoms with E-state index in [1.807, 2.05) is 0 Å². The van der Waals surface area contributed by atoms with E-state index in [9.17, 15) is 14.4 Å². The van der Waals surface area contributed by atoms with Gasteiger partial charge in [0.1, 0.15) is 18.8 Å². The van der Waals surface area contributed by atoms with Crippen molar-refractivity contribution in [2.75, 3.05) is 6.61 Å². The van der Waals surface area contributed by atoms with Crippen LogP contribution in [-0.4, -0.2) is 49.2 Å². The molecule has 8 heteroatoms. The summed E-state index contributed by atoms with van der Waals surface area (Å²) in [5, 5.41) is 0. The third kappa shape index (κ3) is 6.30. The molecule has 1 heterocycles. The van der Waals surface area contributed by atoms with E-state index in [1.54, 1.807) is 91.0 Å². The van der Waals surface area contributed by atoms with Crippen LogP contribution < -0.4 is 0 Å². The summed E-state index contributed by atoms with van der Waals surface area (Å²) >= 11 is 0. The molecule has 0 spiro atoms. The van der Waals surface area contributed by atoms with E-state index in [4.69, 9.17) is 18.9 Å². The van der Waals surface area contributed by atoms with Gasteiger partial charge in [-0.1, -0.05) is 54.6 Å². The van der Waals surface area contributed by atoms with Crippen molar-refractivity contribution < 1.29 is 37.7 Å². The average molecular weight is 478 g/mol. The first-order valence-electron chi connectivity index (χ1n) is 11.0. The second-order valence-electron chi connectivity index (χ2n) is 7.83. The van der Waals surface area contributed by atoms with E-state index in [0.717, 1.165) is 0 Å². The zero-order valence-electron chi connectivity index (χ0n) is 18.6. The third-order valence-electron chi connectivity index (χ3n) is 5.37. The summed E-state index contributed by atoms with van der Waals surface area (Å²) in [5.41, 5.74) is 0.817. The molecule has 3 aromatic carbocycles. The van der Waals surface area contributed by atoms with Crippen LogP contribution in [-0.2, 0) is 18.9 Å². The van der Waals surface area contributed by atoms with Crippen LogP contribution in [0.4, 0.5) is 4.39 Å². The summed E-state index contributed by atoms with van der Waals surface area (Å²) in [6.45, 7) is -0.465. The number of hydrogen-bond donors (Lipinski definition) is 0. The number of carbonyl (C=O) groups excluding carboxylic acids is 3. The molecule has 1 aliphatic heterocycles. The lowest BCUT2D eigenvalue weighted by molar-refractivity contribution is -0.224. The Morgan fingerprint density at radius 2 is 1.17 bits per heavy atom. The third-order valence-corrected chi connectivity index (χ3v) is 5.37. The first kappa shape index (κ1) is 24.1. The molecule has 180 valence electrons. The van der Waals surface area contributed by atoms with Gasteiger partial charge in [0.15, 0.2) is 6.17 Å². The molecule has 4 rings (SSSR count). The number of esters is 3. The van der Waals surface area contributed by atoms with E-state index >= 15 is 4.39 Å². The van der Waals surface area contributed by atoms with E-state index in [0.29, 0.717) is 0 Å². The van der Waals surface area contributed by atoms with Gasteiger partial charge in [-0.3, -0.25) is 0 Å². The number of carbonyl (C=O) groups is 3. The normalized spacial score (nSPS) is 21.5. The average Bonchev–Trinajstić information content (AvgIpc) is 2.90. The number of hydrogen-bond acceptors (Lipinski definition) is 7. The van der Waals surface area contributed by atoms with Gasteiger partial charge < -0.3 is 18.9 Å². The van der Waals surface area contributed by atoms with Gasteiger partial charge in [-0.2, -0.15) is 0 Å². The SMILES string of the molecule is O=C(OC[C@H]1OC(OC(=O)c2ccccc2)C[C@@H](OC(=O)c2ccccc2)[C@@H]1F)c1ccccc1. The molecule has 1 aliphatic rings. The summed E-state index contributed by atoms with van der Waals surface area (Å²) in [6, 6.07) is 24.6. The van der Waals surface area contributed by atoms with Gasteiger partial charge in [0.2, 0.25) is 6.29 Å². The van der Waals surface area contributed by atoms with Crippen molar-refractivity contribution in [3.05, 3.63) is 108 Å². The molecule has 35 heavy (non-hydrogen) atoms. The Morgan fingerprint density at radius 3 is 1.69 bits per heavy atom. The van der Waals surface area contributed by atoms with E-state index in [-0.39, 0.29) is 23.1 Å². The van der Waals surface area contributed by atoms with Gasteiger partial charge >= 0.3 is 17.9 Å². The molecule has 3 aromatic rings. The van der Waals surface area contributed by atoms with Crippen LogP contribution >= 0.6 is 0 Å². The lowest BCUT2D eigenvalue weighted by atomic mass is 10.0. The minimum Gasteiger partial charge on any atom is -0.459 e. The van der Waals surface area contributed by atoms with Gasteiger partial charge in [0.05, 0.1) is 23.1 Å². The number of benzene rings is 3. The highest BCUT2D eigenvalue weighted by Gasteiger charge is 2.43. The Hall–Kier alpha value is -4.04. The summed E-state index contributed by atoms with van der Waals surface area (Å²) in [7, 11) is 0. The van der Waals surface area contributed by atoms with Crippen molar-refractivity contribution in [2.24, 2.45) is 0 Å². The molecular weight excluding hydrogens is 455 g/mol. The van der Waals surface area contributed by atoms with Crippen molar-refractivity contribution in [1.82, 2.24) is 0 Å². The smallest absolute Gasteiger partial charge is 0.340 e. The second kappa shape index (κ2) is 11.4. The maximum absolute atomic E-state index is 15.3. The highest BCUT2D eigenvalue weighted by atomic mass is 19.1. The predicted octanol–water partition coefficient (Wildman–Crippen LogP) is 4.38. The lowest BCUT2D eigenvalue weighted by Crippen LogP contribution is -2.51. The monoisotopic (exact) mass is 478 g/mol. The Labute approximate surface area is 201 Å². The van der Waals surface area contributed by atoms with Gasteiger partial charge in [0, 0.05) is 0 Å². The zero-order chi connectivity index (χ0) is 24.6. The Kier molecular flexibility index (Phi) is 7.84. The van der Waals surface area contributed by atoms with Crippen LogP contribution in [0.15, 0.2) is 91.0 Å². The van der Waals surface area contributed by atoms with Crippen LogP contribution in [0.2, 0.25) is 0 Å². The fourth-order valence-electron chi connectivity index (χ4n) is 3.56. The van der Waals surface area contributed by atoms with Gasteiger partial charge in [-0.05, 0) is 36.4 Å². The number of halogens is 1. The van der Waals surface area contributed by atoms with E-state index < -0.39 is 49.2 Å².